The number of benzene rings is 1. The molecule has 1 fully saturated rings. The quantitative estimate of drug-likeness (QED) is 0.666. The van der Waals surface area contributed by atoms with Crippen molar-refractivity contribution in [1.82, 2.24) is 9.21 Å². The summed E-state index contributed by atoms with van der Waals surface area (Å²) in [7, 11) is -1.89. The molecule has 1 aliphatic heterocycles. The number of hydrogen-bond acceptors (Lipinski definition) is 4. The smallest absolute Gasteiger partial charge is 0.236 e. The average molecular weight is 407 g/mol. The third-order valence-corrected chi connectivity index (χ3v) is 8.01. The van der Waals surface area contributed by atoms with Crippen LogP contribution in [0.2, 0.25) is 0 Å². The molecule has 1 aromatic carbocycles. The predicted molar refractivity (Wildman–Crippen MR) is 99.2 cm³/mol. The number of thioether (sulfide) groups is 1. The fourth-order valence-corrected chi connectivity index (χ4v) is 5.47. The van der Waals surface area contributed by atoms with Crippen molar-refractivity contribution in [3.8, 4) is 0 Å². The number of likely N-dealkylation sites (N-methyl/N-ethyl adjacent to an activating group) is 1. The van der Waals surface area contributed by atoms with Crippen LogP contribution < -0.4 is 0 Å². The van der Waals surface area contributed by atoms with Crippen molar-refractivity contribution < 1.29 is 22.0 Å². The molecule has 1 saturated heterocycles. The van der Waals surface area contributed by atoms with Crippen LogP contribution in [0.15, 0.2) is 18.2 Å². The lowest BCUT2D eigenvalue weighted by Gasteiger charge is -2.27. The maximum atomic E-state index is 14.2. The Balaban J connectivity index is 2.21. The Morgan fingerprint density at radius 2 is 1.96 bits per heavy atom. The summed E-state index contributed by atoms with van der Waals surface area (Å²) < 4.78 is 52.9. The summed E-state index contributed by atoms with van der Waals surface area (Å²) >= 11 is 1.32. The number of rotatable bonds is 8. The molecule has 1 heterocycles. The zero-order valence-corrected chi connectivity index (χ0v) is 16.7. The molecule has 0 saturated carbocycles. The van der Waals surface area contributed by atoms with Crippen LogP contribution >= 0.6 is 11.8 Å². The molecule has 0 aliphatic carbocycles. The van der Waals surface area contributed by atoms with Crippen LogP contribution in [-0.2, 0) is 14.8 Å². The second-order valence-electron chi connectivity index (χ2n) is 6.22. The molecule has 5 nitrogen and oxygen atoms in total. The molecule has 26 heavy (non-hydrogen) atoms. The van der Waals surface area contributed by atoms with Gasteiger partial charge in [-0.05, 0) is 18.9 Å². The Kier molecular flexibility index (Phi) is 7.04. The molecule has 1 aromatic rings. The first-order chi connectivity index (χ1) is 12.2. The highest BCUT2D eigenvalue weighted by Crippen LogP contribution is 2.44. The molecule has 0 N–H and O–H groups in total. The van der Waals surface area contributed by atoms with Crippen molar-refractivity contribution >= 4 is 27.7 Å². The molecule has 146 valence electrons. The number of carbonyl (C=O) groups excluding carboxylic acids is 1. The molecule has 9 heteroatoms. The van der Waals surface area contributed by atoms with Gasteiger partial charge in [-0.1, -0.05) is 19.9 Å². The second-order valence-corrected chi connectivity index (χ2v) is 9.70. The van der Waals surface area contributed by atoms with E-state index in [1.54, 1.807) is 6.92 Å². The van der Waals surface area contributed by atoms with E-state index < -0.39 is 27.0 Å². The van der Waals surface area contributed by atoms with E-state index in [0.29, 0.717) is 12.8 Å². The van der Waals surface area contributed by atoms with E-state index in [2.05, 4.69) is 0 Å². The number of halogens is 2. The Morgan fingerprint density at radius 3 is 2.54 bits per heavy atom. The van der Waals surface area contributed by atoms with E-state index >= 15 is 0 Å². The van der Waals surface area contributed by atoms with Crippen LogP contribution in [0.4, 0.5) is 8.78 Å². The van der Waals surface area contributed by atoms with Crippen molar-refractivity contribution in [3.63, 3.8) is 0 Å². The van der Waals surface area contributed by atoms with Gasteiger partial charge in [-0.3, -0.25) is 4.79 Å². The molecular formula is C17H24F2N2O3S2. The Labute approximate surface area is 157 Å². The molecule has 0 aromatic heterocycles. The third kappa shape index (κ3) is 4.55. The van der Waals surface area contributed by atoms with Crippen LogP contribution in [0.3, 0.4) is 0 Å². The Hall–Kier alpha value is -1.19. The van der Waals surface area contributed by atoms with Crippen molar-refractivity contribution in [2.24, 2.45) is 0 Å². The van der Waals surface area contributed by atoms with E-state index in [1.807, 2.05) is 6.92 Å². The third-order valence-electron chi connectivity index (χ3n) is 4.33. The van der Waals surface area contributed by atoms with Crippen molar-refractivity contribution in [3.05, 3.63) is 35.4 Å². The van der Waals surface area contributed by atoms with Crippen LogP contribution in [0.5, 0.6) is 0 Å². The Morgan fingerprint density at radius 1 is 1.27 bits per heavy atom. The van der Waals surface area contributed by atoms with Crippen LogP contribution in [0.25, 0.3) is 0 Å². The highest BCUT2D eigenvalue weighted by atomic mass is 32.2. The van der Waals surface area contributed by atoms with Crippen molar-refractivity contribution in [2.45, 2.75) is 37.3 Å². The summed E-state index contributed by atoms with van der Waals surface area (Å²) in [6.07, 6.45) is 1.09. The zero-order chi connectivity index (χ0) is 19.5. The fourth-order valence-electron chi connectivity index (χ4n) is 2.83. The number of carbonyl (C=O) groups is 1. The maximum absolute atomic E-state index is 14.2. The topological polar surface area (TPSA) is 57.7 Å². The summed E-state index contributed by atoms with van der Waals surface area (Å²) in [6.45, 7) is 3.94. The lowest BCUT2D eigenvalue weighted by molar-refractivity contribution is -0.130. The molecular weight excluding hydrogens is 382 g/mol. The van der Waals surface area contributed by atoms with Gasteiger partial charge >= 0.3 is 0 Å². The van der Waals surface area contributed by atoms with Crippen LogP contribution in [0, 0.1) is 11.6 Å². The molecule has 0 bridgehead atoms. The molecule has 2 rings (SSSR count). The van der Waals surface area contributed by atoms with Gasteiger partial charge in [0.25, 0.3) is 0 Å². The van der Waals surface area contributed by atoms with Crippen molar-refractivity contribution in [2.75, 3.05) is 25.9 Å². The molecule has 2 atom stereocenters. The van der Waals surface area contributed by atoms with Gasteiger partial charge in [0.05, 0.1) is 11.0 Å². The number of sulfonamides is 1. The SMILES string of the molecule is CCCS(=O)(=O)N(C)CCN1C(=O)C(CC)SC1c1ccc(F)cc1F. The first kappa shape index (κ1) is 21.1. The van der Waals surface area contributed by atoms with E-state index in [0.717, 1.165) is 6.07 Å². The maximum Gasteiger partial charge on any atom is 0.236 e. The predicted octanol–water partition coefficient (Wildman–Crippen LogP) is 2.99. The molecule has 2 unspecified atom stereocenters. The van der Waals surface area contributed by atoms with Gasteiger partial charge in [0.15, 0.2) is 0 Å². The van der Waals surface area contributed by atoms with Crippen LogP contribution in [0.1, 0.15) is 37.6 Å². The van der Waals surface area contributed by atoms with E-state index in [-0.39, 0.29) is 35.6 Å². The van der Waals surface area contributed by atoms with Gasteiger partial charge in [0, 0.05) is 31.8 Å². The van der Waals surface area contributed by atoms with Gasteiger partial charge in [-0.15, -0.1) is 11.8 Å². The fraction of sp³-hybridized carbons (Fsp3) is 0.588. The number of amides is 1. The standard InChI is InChI=1S/C17H24F2N2O3S2/c1-4-10-26(23,24)20(3)8-9-21-16(22)15(5-2)25-17(21)13-7-6-12(18)11-14(13)19/h6-7,11,15,17H,4-5,8-10H2,1-3H3. The van der Waals surface area contributed by atoms with Gasteiger partial charge < -0.3 is 4.90 Å². The second kappa shape index (κ2) is 8.67. The largest absolute Gasteiger partial charge is 0.324 e. The van der Waals surface area contributed by atoms with Crippen LogP contribution in [-0.4, -0.2) is 54.7 Å². The van der Waals surface area contributed by atoms with Gasteiger partial charge in [-0.25, -0.2) is 21.5 Å². The van der Waals surface area contributed by atoms with Crippen molar-refractivity contribution in [1.29, 1.82) is 0 Å². The summed E-state index contributed by atoms with van der Waals surface area (Å²) in [5.41, 5.74) is 0.236. The molecule has 0 spiro atoms. The molecule has 1 amide bonds. The number of nitrogens with zero attached hydrogens (tertiary/aromatic N) is 2. The summed E-state index contributed by atoms with van der Waals surface area (Å²) in [4.78, 5) is 14.1. The van der Waals surface area contributed by atoms with Gasteiger partial charge in [-0.2, -0.15) is 0 Å². The van der Waals surface area contributed by atoms with E-state index in [4.69, 9.17) is 0 Å². The minimum absolute atomic E-state index is 0.0415. The zero-order valence-electron chi connectivity index (χ0n) is 15.1. The van der Waals surface area contributed by atoms with Gasteiger partial charge in [0.1, 0.15) is 17.0 Å². The summed E-state index contributed by atoms with van der Waals surface area (Å²) in [5.74, 6) is -1.49. The highest BCUT2D eigenvalue weighted by molar-refractivity contribution is 8.01. The van der Waals surface area contributed by atoms with Gasteiger partial charge in [0.2, 0.25) is 15.9 Å². The lowest BCUT2D eigenvalue weighted by Crippen LogP contribution is -2.40. The first-order valence-corrected chi connectivity index (χ1v) is 11.1. The lowest BCUT2D eigenvalue weighted by atomic mass is 10.1. The number of hydrogen-bond donors (Lipinski definition) is 0. The Bertz CT molecular complexity index is 758. The summed E-state index contributed by atoms with van der Waals surface area (Å²) in [5, 5.41) is -0.905. The van der Waals surface area contributed by atoms with E-state index in [1.165, 1.54) is 40.1 Å². The minimum Gasteiger partial charge on any atom is -0.324 e. The normalized spacial score (nSPS) is 21.0. The first-order valence-electron chi connectivity index (χ1n) is 8.56. The minimum atomic E-state index is -3.37. The monoisotopic (exact) mass is 406 g/mol. The molecule has 0 radical (unpaired) electrons. The average Bonchev–Trinajstić information content (AvgIpc) is 2.88. The molecule has 1 aliphatic rings. The highest BCUT2D eigenvalue weighted by Gasteiger charge is 2.41. The van der Waals surface area contributed by atoms with E-state index in [9.17, 15) is 22.0 Å². The summed E-state index contributed by atoms with van der Waals surface area (Å²) in [6, 6.07) is 3.31.